The van der Waals surface area contributed by atoms with Crippen LogP contribution in [0.2, 0.25) is 0 Å². The van der Waals surface area contributed by atoms with Gasteiger partial charge in [0.25, 0.3) is 0 Å². The highest BCUT2D eigenvalue weighted by Gasteiger charge is 2.28. The summed E-state index contributed by atoms with van der Waals surface area (Å²) in [5.74, 6) is 2.77. The topological polar surface area (TPSA) is 3.24 Å². The molecule has 25 heavy (non-hydrogen) atoms. The molecule has 0 aliphatic heterocycles. The molecule has 140 valence electrons. The Morgan fingerprint density at radius 3 is 2.40 bits per heavy atom. The van der Waals surface area contributed by atoms with Gasteiger partial charge in [-0.05, 0) is 61.9 Å². The average Bonchev–Trinajstić information content (AvgIpc) is 3.15. The van der Waals surface area contributed by atoms with Crippen molar-refractivity contribution in [1.29, 1.82) is 0 Å². The van der Waals surface area contributed by atoms with Crippen molar-refractivity contribution in [2.45, 2.75) is 60.8 Å². The van der Waals surface area contributed by atoms with Crippen LogP contribution >= 0.6 is 0 Å². The maximum absolute atomic E-state index is 2.53. The van der Waals surface area contributed by atoms with Gasteiger partial charge in [-0.2, -0.15) is 0 Å². The van der Waals surface area contributed by atoms with E-state index in [0.717, 1.165) is 31.3 Å². The minimum absolute atomic E-state index is 0.570. The maximum atomic E-state index is 2.53. The van der Waals surface area contributed by atoms with Crippen LogP contribution < -0.4 is 0 Å². The first-order valence-corrected chi connectivity index (χ1v) is 10.4. The second kappa shape index (κ2) is 9.03. The molecule has 0 bridgehead atoms. The van der Waals surface area contributed by atoms with Crippen molar-refractivity contribution in [3.05, 3.63) is 46.6 Å². The van der Waals surface area contributed by atoms with E-state index in [1.807, 2.05) is 0 Å². The van der Waals surface area contributed by atoms with Crippen LogP contribution in [0.1, 0.15) is 60.8 Å². The van der Waals surface area contributed by atoms with E-state index >= 15 is 0 Å². The lowest BCUT2D eigenvalue weighted by Gasteiger charge is -2.25. The van der Waals surface area contributed by atoms with Crippen LogP contribution in [0, 0.1) is 23.7 Å². The molecule has 2 aliphatic rings. The van der Waals surface area contributed by atoms with Gasteiger partial charge in [0.05, 0.1) is 0 Å². The van der Waals surface area contributed by atoms with Crippen molar-refractivity contribution in [1.82, 2.24) is 4.90 Å². The molecule has 2 aliphatic carbocycles. The van der Waals surface area contributed by atoms with Gasteiger partial charge in [-0.1, -0.05) is 70.9 Å². The Labute approximate surface area is 156 Å². The molecular formula is C24H39N. The molecule has 0 amide bonds. The minimum Gasteiger partial charge on any atom is -0.306 e. The molecule has 0 radical (unpaired) electrons. The molecule has 0 fully saturated rings. The van der Waals surface area contributed by atoms with Crippen LogP contribution in [0.4, 0.5) is 0 Å². The fourth-order valence-electron chi connectivity index (χ4n) is 4.52. The molecule has 1 heteroatoms. The summed E-state index contributed by atoms with van der Waals surface area (Å²) < 4.78 is 0. The summed E-state index contributed by atoms with van der Waals surface area (Å²) >= 11 is 0. The Bertz CT molecular complexity index is 573. The predicted molar refractivity (Wildman–Crippen MR) is 112 cm³/mol. The van der Waals surface area contributed by atoms with Crippen molar-refractivity contribution in [3.63, 3.8) is 0 Å². The third-order valence-electron chi connectivity index (χ3n) is 6.08. The van der Waals surface area contributed by atoms with Gasteiger partial charge in [-0.3, -0.25) is 0 Å². The Hall–Kier alpha value is -1.08. The highest BCUT2D eigenvalue weighted by molar-refractivity contribution is 5.60. The van der Waals surface area contributed by atoms with Crippen molar-refractivity contribution < 1.29 is 0 Å². The number of hydrogen-bond acceptors (Lipinski definition) is 1. The average molecular weight is 342 g/mol. The Balaban J connectivity index is 2.23. The minimum atomic E-state index is 0.570. The molecule has 2 rings (SSSR count). The zero-order valence-corrected chi connectivity index (χ0v) is 17.6. The molecule has 3 atom stereocenters. The van der Waals surface area contributed by atoms with E-state index in [1.54, 1.807) is 11.1 Å². The van der Waals surface area contributed by atoms with E-state index in [2.05, 4.69) is 77.8 Å². The summed E-state index contributed by atoms with van der Waals surface area (Å²) in [4.78, 5) is 2.41. The number of rotatable bonds is 9. The van der Waals surface area contributed by atoms with Gasteiger partial charge in [-0.25, -0.2) is 0 Å². The van der Waals surface area contributed by atoms with Crippen molar-refractivity contribution >= 4 is 0 Å². The highest BCUT2D eigenvalue weighted by atomic mass is 15.1. The van der Waals surface area contributed by atoms with E-state index in [9.17, 15) is 0 Å². The Morgan fingerprint density at radius 2 is 1.84 bits per heavy atom. The van der Waals surface area contributed by atoms with E-state index in [1.165, 1.54) is 24.0 Å². The van der Waals surface area contributed by atoms with E-state index < -0.39 is 0 Å². The first-order valence-electron chi connectivity index (χ1n) is 10.4. The number of hydrogen-bond donors (Lipinski definition) is 0. The van der Waals surface area contributed by atoms with Crippen molar-refractivity contribution in [2.75, 3.05) is 20.1 Å². The third-order valence-corrected chi connectivity index (χ3v) is 6.08. The van der Waals surface area contributed by atoms with Crippen LogP contribution in [-0.4, -0.2) is 25.0 Å². The van der Waals surface area contributed by atoms with Crippen LogP contribution in [-0.2, 0) is 0 Å². The molecular weight excluding hydrogens is 302 g/mol. The SMILES string of the molecule is CCC1=CC(CN(C)CC)C=C1C1=C(C)C(C(CC)CC(C)C)C=C1. The van der Waals surface area contributed by atoms with Crippen LogP contribution in [0.25, 0.3) is 0 Å². The lowest BCUT2D eigenvalue weighted by Crippen LogP contribution is -2.23. The first kappa shape index (κ1) is 20.2. The quantitative estimate of drug-likeness (QED) is 0.468. The van der Waals surface area contributed by atoms with Gasteiger partial charge in [0.2, 0.25) is 0 Å². The lowest BCUT2D eigenvalue weighted by atomic mass is 9.80. The summed E-state index contributed by atoms with van der Waals surface area (Å²) in [5, 5.41) is 0. The summed E-state index contributed by atoms with van der Waals surface area (Å²) in [6.07, 6.45) is 13.7. The summed E-state index contributed by atoms with van der Waals surface area (Å²) in [6.45, 7) is 16.2. The molecule has 0 aromatic heterocycles. The largest absolute Gasteiger partial charge is 0.306 e. The van der Waals surface area contributed by atoms with Gasteiger partial charge in [0.1, 0.15) is 0 Å². The summed E-state index contributed by atoms with van der Waals surface area (Å²) in [6, 6.07) is 0. The molecule has 0 aromatic carbocycles. The normalized spacial score (nSPS) is 24.5. The van der Waals surface area contributed by atoms with Crippen LogP contribution in [0.5, 0.6) is 0 Å². The molecule has 0 saturated heterocycles. The van der Waals surface area contributed by atoms with E-state index in [0.29, 0.717) is 11.8 Å². The zero-order chi connectivity index (χ0) is 18.6. The standard InChI is InChI=1S/C24H39N/c1-8-20(13-17(4)5)22-11-12-23(18(22)6)24-15-19(14-21(24)9-2)16-25(7)10-3/h11-12,14-15,17,19-20,22H,8-10,13,16H2,1-7H3. The van der Waals surface area contributed by atoms with Crippen molar-refractivity contribution in [2.24, 2.45) is 23.7 Å². The Kier molecular flexibility index (Phi) is 7.31. The summed E-state index contributed by atoms with van der Waals surface area (Å²) in [5.41, 5.74) is 6.18. The number of nitrogens with zero attached hydrogens (tertiary/aromatic N) is 1. The fraction of sp³-hybridized carbons (Fsp3) is 0.667. The molecule has 3 unspecified atom stereocenters. The second-order valence-corrected chi connectivity index (χ2v) is 8.42. The van der Waals surface area contributed by atoms with Crippen LogP contribution in [0.15, 0.2) is 46.6 Å². The Morgan fingerprint density at radius 1 is 1.12 bits per heavy atom. The molecule has 1 nitrogen and oxygen atoms in total. The number of allylic oxidation sites excluding steroid dienone is 6. The zero-order valence-electron chi connectivity index (χ0n) is 17.6. The third kappa shape index (κ3) is 4.76. The molecule has 0 spiro atoms. The monoisotopic (exact) mass is 341 g/mol. The predicted octanol–water partition coefficient (Wildman–Crippen LogP) is 6.41. The van der Waals surface area contributed by atoms with Gasteiger partial charge in [-0.15, -0.1) is 0 Å². The molecule has 0 heterocycles. The second-order valence-electron chi connectivity index (χ2n) is 8.42. The molecule has 0 aromatic rings. The van der Waals surface area contributed by atoms with Gasteiger partial charge in [0, 0.05) is 18.4 Å². The van der Waals surface area contributed by atoms with Gasteiger partial charge in [0.15, 0.2) is 0 Å². The van der Waals surface area contributed by atoms with Gasteiger partial charge < -0.3 is 4.90 Å². The highest BCUT2D eigenvalue weighted by Crippen LogP contribution is 2.42. The fourth-order valence-corrected chi connectivity index (χ4v) is 4.52. The van der Waals surface area contributed by atoms with E-state index in [4.69, 9.17) is 0 Å². The lowest BCUT2D eigenvalue weighted by molar-refractivity contribution is 0.336. The first-order chi connectivity index (χ1) is 11.9. The summed E-state index contributed by atoms with van der Waals surface area (Å²) in [7, 11) is 2.22. The maximum Gasteiger partial charge on any atom is 0.00894 e. The molecule has 0 saturated carbocycles. The van der Waals surface area contributed by atoms with Crippen molar-refractivity contribution in [3.8, 4) is 0 Å². The molecule has 0 N–H and O–H groups in total. The smallest absolute Gasteiger partial charge is 0.00894 e. The van der Waals surface area contributed by atoms with Gasteiger partial charge >= 0.3 is 0 Å². The van der Waals surface area contributed by atoms with Crippen LogP contribution in [0.3, 0.4) is 0 Å². The van der Waals surface area contributed by atoms with E-state index in [-0.39, 0.29) is 0 Å².